The number of hydrogen-bond acceptors (Lipinski definition) is 3. The van der Waals surface area contributed by atoms with E-state index in [-0.39, 0.29) is 5.82 Å². The Morgan fingerprint density at radius 3 is 2.45 bits per heavy atom. The molecule has 8 heteroatoms. The summed E-state index contributed by atoms with van der Waals surface area (Å²) in [6, 6.07) is 18.5. The molecule has 5 nitrogen and oxygen atoms in total. The topological polar surface area (TPSA) is 59.8 Å². The van der Waals surface area contributed by atoms with Gasteiger partial charge >= 0.3 is 0 Å². The molecule has 0 bridgehead atoms. The predicted octanol–water partition coefficient (Wildman–Crippen LogP) is 6.87. The second-order valence-electron chi connectivity index (χ2n) is 6.98. The molecule has 3 aromatic carbocycles. The summed E-state index contributed by atoms with van der Waals surface area (Å²) in [4.78, 5) is 17.5. The molecule has 0 aliphatic heterocycles. The van der Waals surface area contributed by atoms with Gasteiger partial charge in [0, 0.05) is 15.7 Å². The van der Waals surface area contributed by atoms with Crippen LogP contribution in [-0.4, -0.2) is 20.7 Å². The van der Waals surface area contributed by atoms with Crippen LogP contribution >= 0.6 is 39.1 Å². The normalized spacial score (nSPS) is 10.9. The highest BCUT2D eigenvalue weighted by Crippen LogP contribution is 2.28. The van der Waals surface area contributed by atoms with Crippen LogP contribution < -0.4 is 5.32 Å². The molecule has 1 aromatic heterocycles. The van der Waals surface area contributed by atoms with Crippen LogP contribution in [0, 0.1) is 13.8 Å². The van der Waals surface area contributed by atoms with E-state index in [1.807, 2.05) is 56.3 Å². The Morgan fingerprint density at radius 1 is 1.00 bits per heavy atom. The molecule has 0 radical (unpaired) electrons. The number of benzene rings is 3. The first kappa shape index (κ1) is 21.6. The Bertz CT molecular complexity index is 1290. The Kier molecular flexibility index (Phi) is 6.14. The molecule has 4 aromatic rings. The third-order valence-corrected chi connectivity index (χ3v) is 6.18. The number of anilines is 1. The molecular weight excluding hydrogens is 499 g/mol. The lowest BCUT2D eigenvalue weighted by molar-refractivity contribution is 0.101. The number of hydrogen-bond donors (Lipinski definition) is 1. The summed E-state index contributed by atoms with van der Waals surface area (Å²) >= 11 is 15.7. The lowest BCUT2D eigenvalue weighted by atomic mass is 10.1. The highest BCUT2D eigenvalue weighted by Gasteiger charge is 2.20. The van der Waals surface area contributed by atoms with Gasteiger partial charge in [0.05, 0.1) is 15.7 Å². The number of nitrogens with one attached hydrogen (secondary N) is 1. The number of carbonyl (C=O) groups excluding carboxylic acids is 1. The molecule has 0 aliphatic carbocycles. The van der Waals surface area contributed by atoms with Crippen molar-refractivity contribution < 1.29 is 4.79 Å². The average molecular weight is 516 g/mol. The highest BCUT2D eigenvalue weighted by atomic mass is 79.9. The minimum Gasteiger partial charge on any atom is -0.319 e. The van der Waals surface area contributed by atoms with Crippen LogP contribution in [0.3, 0.4) is 0 Å². The summed E-state index contributed by atoms with van der Waals surface area (Å²) in [5.74, 6) is 0.160. The van der Waals surface area contributed by atoms with Crippen LogP contribution in [-0.2, 0) is 0 Å². The largest absolute Gasteiger partial charge is 0.319 e. The van der Waals surface area contributed by atoms with Gasteiger partial charge in [-0.15, -0.1) is 5.10 Å². The Labute approximate surface area is 198 Å². The van der Waals surface area contributed by atoms with E-state index in [1.54, 1.807) is 22.9 Å². The summed E-state index contributed by atoms with van der Waals surface area (Å²) in [5, 5.41) is 8.21. The van der Waals surface area contributed by atoms with Crippen LogP contribution in [0.2, 0.25) is 10.0 Å². The molecule has 0 saturated heterocycles. The molecule has 0 saturated carbocycles. The van der Waals surface area contributed by atoms with E-state index < -0.39 is 5.91 Å². The van der Waals surface area contributed by atoms with Gasteiger partial charge in [0.1, 0.15) is 0 Å². The van der Waals surface area contributed by atoms with Gasteiger partial charge < -0.3 is 5.32 Å². The van der Waals surface area contributed by atoms with E-state index in [1.165, 1.54) is 0 Å². The van der Waals surface area contributed by atoms with E-state index in [4.69, 9.17) is 23.2 Å². The van der Waals surface area contributed by atoms with E-state index in [0.29, 0.717) is 21.6 Å². The van der Waals surface area contributed by atoms with E-state index in [2.05, 4.69) is 31.3 Å². The van der Waals surface area contributed by atoms with E-state index >= 15 is 0 Å². The Morgan fingerprint density at radius 2 is 1.74 bits per heavy atom. The number of halogens is 3. The number of nitrogens with zero attached hydrogens (tertiary/aromatic N) is 3. The predicted molar refractivity (Wildman–Crippen MR) is 128 cm³/mol. The summed E-state index contributed by atoms with van der Waals surface area (Å²) in [5.41, 5.74) is 4.25. The zero-order valence-corrected chi connectivity index (χ0v) is 19.8. The first-order valence-electron chi connectivity index (χ1n) is 9.39. The fourth-order valence-electron chi connectivity index (χ4n) is 3.06. The standard InChI is InChI=1S/C23H17BrCl2N4O/c1-13-4-3-5-20(14(13)2)27-23(31)21-28-22(15-6-8-16(24)9-7-15)30(29-21)17-10-11-18(25)19(26)12-17/h3-12H,1-2H3,(H,27,31). The molecule has 1 N–H and O–H groups in total. The van der Waals surface area contributed by atoms with Gasteiger partial charge in [-0.3, -0.25) is 4.79 Å². The molecule has 0 fully saturated rings. The number of carbonyl (C=O) groups is 1. The fourth-order valence-corrected chi connectivity index (χ4v) is 3.61. The lowest BCUT2D eigenvalue weighted by Gasteiger charge is -2.08. The van der Waals surface area contributed by atoms with Crippen molar-refractivity contribution in [2.24, 2.45) is 0 Å². The minimum atomic E-state index is -0.397. The van der Waals surface area contributed by atoms with Gasteiger partial charge in [0.15, 0.2) is 5.82 Å². The highest BCUT2D eigenvalue weighted by molar-refractivity contribution is 9.10. The molecule has 1 heterocycles. The number of amides is 1. The summed E-state index contributed by atoms with van der Waals surface area (Å²) in [6.07, 6.45) is 0. The molecular formula is C23H17BrCl2N4O. The summed E-state index contributed by atoms with van der Waals surface area (Å²) < 4.78 is 2.52. The average Bonchev–Trinajstić information content (AvgIpc) is 3.19. The number of aryl methyl sites for hydroxylation is 1. The van der Waals surface area contributed by atoms with Crippen LogP contribution in [0.5, 0.6) is 0 Å². The van der Waals surface area contributed by atoms with E-state index in [9.17, 15) is 4.79 Å². The SMILES string of the molecule is Cc1cccc(NC(=O)c2nc(-c3ccc(Br)cc3)n(-c3ccc(Cl)c(Cl)c3)n2)c1C. The first-order valence-corrected chi connectivity index (χ1v) is 10.9. The number of aromatic nitrogens is 3. The van der Waals surface area contributed by atoms with E-state index in [0.717, 1.165) is 26.9 Å². The zero-order valence-electron chi connectivity index (χ0n) is 16.7. The molecule has 0 atom stereocenters. The van der Waals surface area contributed by atoms with Crippen molar-refractivity contribution in [3.8, 4) is 17.1 Å². The smallest absolute Gasteiger partial charge is 0.295 e. The third kappa shape index (κ3) is 4.51. The summed E-state index contributed by atoms with van der Waals surface area (Å²) in [6.45, 7) is 3.95. The minimum absolute atomic E-state index is 0.0462. The first-order chi connectivity index (χ1) is 14.8. The third-order valence-electron chi connectivity index (χ3n) is 4.91. The van der Waals surface area contributed by atoms with Crippen LogP contribution in [0.15, 0.2) is 65.1 Å². The molecule has 4 rings (SSSR count). The maximum atomic E-state index is 13.0. The molecule has 156 valence electrons. The van der Waals surface area contributed by atoms with Gasteiger partial charge in [-0.25, -0.2) is 9.67 Å². The van der Waals surface area contributed by atoms with Crippen molar-refractivity contribution in [3.63, 3.8) is 0 Å². The van der Waals surface area contributed by atoms with Gasteiger partial charge in [0.2, 0.25) is 5.82 Å². The molecule has 1 amide bonds. The van der Waals surface area contributed by atoms with Crippen molar-refractivity contribution in [3.05, 3.63) is 92.1 Å². The Hall–Kier alpha value is -2.67. The quantitative estimate of drug-likeness (QED) is 0.322. The van der Waals surface area contributed by atoms with Crippen molar-refractivity contribution in [2.45, 2.75) is 13.8 Å². The van der Waals surface area contributed by atoms with Crippen molar-refractivity contribution in [1.29, 1.82) is 0 Å². The zero-order chi connectivity index (χ0) is 22.1. The molecule has 0 spiro atoms. The lowest BCUT2D eigenvalue weighted by Crippen LogP contribution is -2.15. The monoisotopic (exact) mass is 514 g/mol. The van der Waals surface area contributed by atoms with Gasteiger partial charge in [-0.2, -0.15) is 0 Å². The maximum Gasteiger partial charge on any atom is 0.295 e. The second-order valence-corrected chi connectivity index (χ2v) is 8.71. The summed E-state index contributed by atoms with van der Waals surface area (Å²) in [7, 11) is 0. The van der Waals surface area contributed by atoms with Gasteiger partial charge in [0.25, 0.3) is 5.91 Å². The molecule has 0 unspecified atom stereocenters. The van der Waals surface area contributed by atoms with Crippen molar-refractivity contribution >= 4 is 50.7 Å². The molecule has 0 aliphatic rings. The number of rotatable bonds is 4. The van der Waals surface area contributed by atoms with Crippen molar-refractivity contribution in [2.75, 3.05) is 5.32 Å². The molecule has 31 heavy (non-hydrogen) atoms. The van der Waals surface area contributed by atoms with Crippen LogP contribution in [0.4, 0.5) is 5.69 Å². The fraction of sp³-hybridized carbons (Fsp3) is 0.0870. The Balaban J connectivity index is 1.78. The van der Waals surface area contributed by atoms with Gasteiger partial charge in [-0.1, -0.05) is 63.4 Å². The van der Waals surface area contributed by atoms with Crippen LogP contribution in [0.25, 0.3) is 17.1 Å². The maximum absolute atomic E-state index is 13.0. The second kappa shape index (κ2) is 8.83. The van der Waals surface area contributed by atoms with Gasteiger partial charge in [-0.05, 0) is 61.4 Å². The van der Waals surface area contributed by atoms with Crippen LogP contribution in [0.1, 0.15) is 21.7 Å². The van der Waals surface area contributed by atoms with Crippen molar-refractivity contribution in [1.82, 2.24) is 14.8 Å².